The molecule has 2 aromatic rings. The molecular weight excluding hydrogens is 374 g/mol. The van der Waals surface area contributed by atoms with Crippen LogP contribution in [0.3, 0.4) is 0 Å². The van der Waals surface area contributed by atoms with E-state index in [9.17, 15) is 13.2 Å². The fraction of sp³-hybridized carbons (Fsp3) is 0.267. The lowest BCUT2D eigenvalue weighted by atomic mass is 9.96. The SMILES string of the molecule is COc1ccc2c(c1)OC[C@H](C(=O)NS(=O)(=O)c1ccc(Cl)s1)C2. The molecule has 2 heterocycles. The molecule has 24 heavy (non-hydrogen) atoms. The molecule has 128 valence electrons. The molecule has 1 atom stereocenters. The highest BCUT2D eigenvalue weighted by Gasteiger charge is 2.30. The van der Waals surface area contributed by atoms with Gasteiger partial charge in [0.25, 0.3) is 10.0 Å². The molecule has 0 unspecified atom stereocenters. The molecule has 0 bridgehead atoms. The third-order valence-electron chi connectivity index (χ3n) is 3.60. The van der Waals surface area contributed by atoms with Gasteiger partial charge in [-0.15, -0.1) is 11.3 Å². The third-order valence-corrected chi connectivity index (χ3v) is 6.67. The summed E-state index contributed by atoms with van der Waals surface area (Å²) in [4.78, 5) is 12.3. The summed E-state index contributed by atoms with van der Waals surface area (Å²) in [5.41, 5.74) is 0.832. The Balaban J connectivity index is 1.72. The molecule has 1 amide bonds. The first-order valence-electron chi connectivity index (χ1n) is 7.01. The van der Waals surface area contributed by atoms with Gasteiger partial charge < -0.3 is 9.47 Å². The normalized spacial score (nSPS) is 16.8. The number of methoxy groups -OCH3 is 1. The molecule has 1 aromatic heterocycles. The summed E-state index contributed by atoms with van der Waals surface area (Å²) in [6.07, 6.45) is 0.395. The topological polar surface area (TPSA) is 81.7 Å². The fourth-order valence-electron chi connectivity index (χ4n) is 2.36. The van der Waals surface area contributed by atoms with Crippen molar-refractivity contribution >= 4 is 38.9 Å². The Kier molecular flexibility index (Phi) is 4.71. The van der Waals surface area contributed by atoms with Crippen molar-refractivity contribution < 1.29 is 22.7 Å². The van der Waals surface area contributed by atoms with Gasteiger partial charge in [-0.3, -0.25) is 4.79 Å². The fourth-order valence-corrected chi connectivity index (χ4v) is 4.88. The second-order valence-corrected chi connectivity index (χ2v) is 8.84. The molecule has 9 heteroatoms. The van der Waals surface area contributed by atoms with Crippen molar-refractivity contribution in [2.75, 3.05) is 13.7 Å². The molecule has 1 aliphatic heterocycles. The highest BCUT2D eigenvalue weighted by molar-refractivity contribution is 7.92. The number of fused-ring (bicyclic) bond motifs is 1. The van der Waals surface area contributed by atoms with E-state index in [0.717, 1.165) is 16.9 Å². The molecule has 0 aliphatic carbocycles. The molecular formula is C15H14ClNO5S2. The number of thiophene rings is 1. The van der Waals surface area contributed by atoms with E-state index in [1.54, 1.807) is 25.3 Å². The van der Waals surface area contributed by atoms with Gasteiger partial charge in [-0.2, -0.15) is 0 Å². The van der Waals surface area contributed by atoms with Crippen LogP contribution >= 0.6 is 22.9 Å². The van der Waals surface area contributed by atoms with Crippen LogP contribution < -0.4 is 14.2 Å². The van der Waals surface area contributed by atoms with E-state index in [-0.39, 0.29) is 10.8 Å². The lowest BCUT2D eigenvalue weighted by Crippen LogP contribution is -2.40. The molecule has 6 nitrogen and oxygen atoms in total. The van der Waals surface area contributed by atoms with Gasteiger partial charge >= 0.3 is 0 Å². The number of carbonyl (C=O) groups excluding carboxylic acids is 1. The smallest absolute Gasteiger partial charge is 0.273 e. The van der Waals surface area contributed by atoms with E-state index in [0.29, 0.717) is 22.3 Å². The van der Waals surface area contributed by atoms with Crippen molar-refractivity contribution in [1.82, 2.24) is 4.72 Å². The van der Waals surface area contributed by atoms with E-state index < -0.39 is 21.8 Å². The Bertz CT molecular complexity index is 878. The van der Waals surface area contributed by atoms with Crippen LogP contribution in [0.5, 0.6) is 11.5 Å². The number of sulfonamides is 1. The van der Waals surface area contributed by atoms with Crippen LogP contribution in [0.2, 0.25) is 4.34 Å². The van der Waals surface area contributed by atoms with E-state index in [4.69, 9.17) is 21.1 Å². The van der Waals surface area contributed by atoms with Crippen LogP contribution in [-0.2, 0) is 21.2 Å². The lowest BCUT2D eigenvalue weighted by molar-refractivity contribution is -0.124. The first-order valence-corrected chi connectivity index (χ1v) is 9.68. The second-order valence-electron chi connectivity index (χ2n) is 5.21. The van der Waals surface area contributed by atoms with Crippen LogP contribution in [0.15, 0.2) is 34.5 Å². The molecule has 0 spiro atoms. The van der Waals surface area contributed by atoms with Gasteiger partial charge in [0, 0.05) is 6.07 Å². The number of hydrogen-bond donors (Lipinski definition) is 1. The number of halogens is 1. The maximum Gasteiger partial charge on any atom is 0.273 e. The van der Waals surface area contributed by atoms with Gasteiger partial charge in [-0.25, -0.2) is 13.1 Å². The summed E-state index contributed by atoms with van der Waals surface area (Å²) < 4.78 is 37.5. The standard InChI is InChI=1S/C15H14ClNO5S2/c1-21-11-3-2-9-6-10(8-22-12(9)7-11)15(18)17-24(19,20)14-5-4-13(16)23-14/h2-5,7,10H,6,8H2,1H3,(H,17,18)/t10-/m1/s1. The maximum absolute atomic E-state index is 12.3. The van der Waals surface area contributed by atoms with Crippen molar-refractivity contribution in [1.29, 1.82) is 0 Å². The quantitative estimate of drug-likeness (QED) is 0.871. The van der Waals surface area contributed by atoms with Crippen molar-refractivity contribution in [2.45, 2.75) is 10.6 Å². The molecule has 0 radical (unpaired) electrons. The van der Waals surface area contributed by atoms with Crippen molar-refractivity contribution in [3.8, 4) is 11.5 Å². The molecule has 1 aromatic carbocycles. The van der Waals surface area contributed by atoms with Crippen LogP contribution in [0.4, 0.5) is 0 Å². The zero-order valence-corrected chi connectivity index (χ0v) is 15.0. The van der Waals surface area contributed by atoms with E-state index >= 15 is 0 Å². The number of rotatable bonds is 4. The number of nitrogens with one attached hydrogen (secondary N) is 1. The molecule has 3 rings (SSSR count). The average Bonchev–Trinajstić information content (AvgIpc) is 3.01. The summed E-state index contributed by atoms with van der Waals surface area (Å²) in [7, 11) is -2.36. The van der Waals surface area contributed by atoms with Crippen molar-refractivity contribution in [3.63, 3.8) is 0 Å². The average molecular weight is 388 g/mol. The van der Waals surface area contributed by atoms with Crippen LogP contribution in [0.1, 0.15) is 5.56 Å². The number of ether oxygens (including phenoxy) is 2. The van der Waals surface area contributed by atoms with Crippen LogP contribution in [-0.4, -0.2) is 28.0 Å². The van der Waals surface area contributed by atoms with Crippen molar-refractivity contribution in [2.24, 2.45) is 5.92 Å². The summed E-state index contributed by atoms with van der Waals surface area (Å²) in [5, 5.41) is 0. The highest BCUT2D eigenvalue weighted by Crippen LogP contribution is 2.31. The monoisotopic (exact) mass is 387 g/mol. The Morgan fingerprint density at radius 1 is 1.38 bits per heavy atom. The first-order chi connectivity index (χ1) is 11.4. The zero-order chi connectivity index (χ0) is 17.3. The van der Waals surface area contributed by atoms with Gasteiger partial charge in [0.05, 0.1) is 17.4 Å². The molecule has 1 N–H and O–H groups in total. The van der Waals surface area contributed by atoms with Crippen LogP contribution in [0.25, 0.3) is 0 Å². The molecule has 0 saturated heterocycles. The van der Waals surface area contributed by atoms with Gasteiger partial charge in [0.1, 0.15) is 22.3 Å². The predicted molar refractivity (Wildman–Crippen MR) is 90.3 cm³/mol. The third kappa shape index (κ3) is 3.50. The Morgan fingerprint density at radius 2 is 2.17 bits per heavy atom. The Morgan fingerprint density at radius 3 is 2.83 bits per heavy atom. The Labute approximate surface area is 148 Å². The number of benzene rings is 1. The largest absolute Gasteiger partial charge is 0.497 e. The summed E-state index contributed by atoms with van der Waals surface area (Å²) in [5.74, 6) is 0.122. The number of carbonyl (C=O) groups is 1. The van der Waals surface area contributed by atoms with Crippen molar-refractivity contribution in [3.05, 3.63) is 40.2 Å². The number of amides is 1. The minimum absolute atomic E-state index is 0.00251. The van der Waals surface area contributed by atoms with Gasteiger partial charge in [0.2, 0.25) is 5.91 Å². The first kappa shape index (κ1) is 17.1. The van der Waals surface area contributed by atoms with Crippen LogP contribution in [0, 0.1) is 5.92 Å². The highest BCUT2D eigenvalue weighted by atomic mass is 35.5. The lowest BCUT2D eigenvalue weighted by Gasteiger charge is -2.24. The number of hydrogen-bond acceptors (Lipinski definition) is 6. The minimum atomic E-state index is -3.92. The minimum Gasteiger partial charge on any atom is -0.497 e. The Hall–Kier alpha value is -1.77. The zero-order valence-electron chi connectivity index (χ0n) is 12.6. The molecule has 0 fully saturated rings. The summed E-state index contributed by atoms with van der Waals surface area (Å²) in [6.45, 7) is 0.104. The predicted octanol–water partition coefficient (Wildman–Crippen LogP) is 2.47. The maximum atomic E-state index is 12.3. The van der Waals surface area contributed by atoms with E-state index in [2.05, 4.69) is 4.72 Å². The van der Waals surface area contributed by atoms with Gasteiger partial charge in [0.15, 0.2) is 0 Å². The summed E-state index contributed by atoms with van der Waals surface area (Å²) >= 11 is 6.64. The summed E-state index contributed by atoms with van der Waals surface area (Å²) in [6, 6.07) is 8.15. The molecule has 1 aliphatic rings. The van der Waals surface area contributed by atoms with Gasteiger partial charge in [-0.05, 0) is 30.2 Å². The van der Waals surface area contributed by atoms with E-state index in [1.165, 1.54) is 12.1 Å². The second kappa shape index (κ2) is 6.62. The van der Waals surface area contributed by atoms with Gasteiger partial charge in [-0.1, -0.05) is 17.7 Å². The van der Waals surface area contributed by atoms with E-state index in [1.807, 2.05) is 0 Å². The molecule has 0 saturated carbocycles.